The van der Waals surface area contributed by atoms with Gasteiger partial charge in [-0.15, -0.1) is 0 Å². The van der Waals surface area contributed by atoms with Crippen LogP contribution < -0.4 is 0 Å². The number of hydrogen-bond donors (Lipinski definition) is 3. The van der Waals surface area contributed by atoms with Crippen LogP contribution in [0.25, 0.3) is 0 Å². The Kier molecular flexibility index (Phi) is 80.4. The topological polar surface area (TPSA) is 237 Å². The molecule has 0 aromatic carbocycles. The Morgan fingerprint density at radius 2 is 0.459 bits per heavy atom. The van der Waals surface area contributed by atoms with E-state index in [-0.39, 0.29) is 25.7 Å². The number of hydrogen-bond acceptors (Lipinski definition) is 15. The zero-order valence-electron chi connectivity index (χ0n) is 73.4. The van der Waals surface area contributed by atoms with Gasteiger partial charge in [0.1, 0.15) is 19.3 Å². The summed E-state index contributed by atoms with van der Waals surface area (Å²) >= 11 is 0. The molecule has 0 rings (SSSR count). The lowest BCUT2D eigenvalue weighted by molar-refractivity contribution is -0.161. The molecule has 6 atom stereocenters. The van der Waals surface area contributed by atoms with Crippen LogP contribution in [0.3, 0.4) is 0 Å². The fraction of sp³-hybridized carbons (Fsp3) is 0.957. The van der Waals surface area contributed by atoms with Crippen molar-refractivity contribution in [2.24, 2.45) is 17.8 Å². The van der Waals surface area contributed by atoms with Crippen molar-refractivity contribution < 1.29 is 80.2 Å². The molecule has 0 aromatic heterocycles. The lowest BCUT2D eigenvalue weighted by atomic mass is 9.99. The Balaban J connectivity index is 5.23. The maximum Gasteiger partial charge on any atom is 0.472 e. The first-order valence-electron chi connectivity index (χ1n) is 47.4. The van der Waals surface area contributed by atoms with Gasteiger partial charge in [-0.3, -0.25) is 37.3 Å². The number of phosphoric ester groups is 2. The van der Waals surface area contributed by atoms with Gasteiger partial charge in [0.15, 0.2) is 12.2 Å². The van der Waals surface area contributed by atoms with Crippen molar-refractivity contribution in [3.05, 3.63) is 0 Å². The van der Waals surface area contributed by atoms with E-state index in [9.17, 15) is 43.2 Å². The molecule has 19 heteroatoms. The van der Waals surface area contributed by atoms with E-state index >= 15 is 0 Å². The summed E-state index contributed by atoms with van der Waals surface area (Å²) in [6.45, 7) is 12.1. The molecule has 0 radical (unpaired) electrons. The molecule has 0 aromatic rings. The summed E-state index contributed by atoms with van der Waals surface area (Å²) in [5.74, 6) is 0.312. The van der Waals surface area contributed by atoms with Crippen LogP contribution >= 0.6 is 15.6 Å². The van der Waals surface area contributed by atoms with E-state index in [1.54, 1.807) is 0 Å². The standard InChI is InChI=1S/C92H180O17P2/c1-8-10-11-12-13-14-15-16-17-18-19-23-30-35-40-45-54-61-69-76-92(97)109-88(80-103-90(95)74-67-60-53-48-47-50-57-64-71-84(5)6)82-107-111(100,101)105-78-86(93)77-104-110(98,99)106-81-87(79-102-89(94)73-66-59-52-44-39-34-29-26-25-27-32-37-42-49-56-63-70-83(3)4)108-91(96)75-68-62-55-46-41-36-31-24-21-20-22-28-33-38-43-51-58-65-72-85(7)9-2/h83-88,93H,8-82H2,1-7H3,(H,98,99)(H,100,101)/t85?,86-,87-,88-/m1/s1. The van der Waals surface area contributed by atoms with Gasteiger partial charge in [-0.25, -0.2) is 9.13 Å². The zero-order chi connectivity index (χ0) is 81.5. The van der Waals surface area contributed by atoms with Gasteiger partial charge in [-0.1, -0.05) is 440 Å². The van der Waals surface area contributed by atoms with Crippen molar-refractivity contribution in [3.63, 3.8) is 0 Å². The number of phosphoric acid groups is 2. The van der Waals surface area contributed by atoms with Crippen LogP contribution in [0.4, 0.5) is 0 Å². The molecule has 0 spiro atoms. The summed E-state index contributed by atoms with van der Waals surface area (Å²) in [4.78, 5) is 73.4. The monoisotopic (exact) mass is 1620 g/mol. The third-order valence-electron chi connectivity index (χ3n) is 22.0. The maximum atomic E-state index is 13.2. The number of aliphatic hydroxyl groups excluding tert-OH is 1. The average molecular weight is 1620 g/mol. The summed E-state index contributed by atoms with van der Waals surface area (Å²) in [5.41, 5.74) is 0. The van der Waals surface area contributed by atoms with Crippen molar-refractivity contribution in [1.29, 1.82) is 0 Å². The number of rotatable bonds is 90. The summed E-state index contributed by atoms with van der Waals surface area (Å²) in [6, 6.07) is 0. The van der Waals surface area contributed by atoms with Gasteiger partial charge in [0.25, 0.3) is 0 Å². The Morgan fingerprint density at radius 3 is 0.685 bits per heavy atom. The minimum Gasteiger partial charge on any atom is -0.462 e. The van der Waals surface area contributed by atoms with Crippen LogP contribution in [0, 0.1) is 17.8 Å². The van der Waals surface area contributed by atoms with E-state index < -0.39 is 97.5 Å². The highest BCUT2D eigenvalue weighted by molar-refractivity contribution is 7.47. The van der Waals surface area contributed by atoms with Crippen molar-refractivity contribution in [1.82, 2.24) is 0 Å². The number of aliphatic hydroxyl groups is 1. The first-order chi connectivity index (χ1) is 53.8. The van der Waals surface area contributed by atoms with Gasteiger partial charge in [0, 0.05) is 25.7 Å². The van der Waals surface area contributed by atoms with Crippen LogP contribution in [0.1, 0.15) is 492 Å². The number of ether oxygens (including phenoxy) is 4. The number of unbranched alkanes of at least 4 members (excludes halogenated alkanes) is 57. The predicted molar refractivity (Wildman–Crippen MR) is 460 cm³/mol. The normalized spacial score (nSPS) is 14.0. The molecule has 17 nitrogen and oxygen atoms in total. The van der Waals surface area contributed by atoms with Gasteiger partial charge in [-0.05, 0) is 43.4 Å². The summed E-state index contributed by atoms with van der Waals surface area (Å²) in [5, 5.41) is 10.7. The molecule has 0 aliphatic heterocycles. The smallest absolute Gasteiger partial charge is 0.462 e. The lowest BCUT2D eigenvalue weighted by Gasteiger charge is -2.21. The molecule has 0 aliphatic rings. The number of esters is 4. The zero-order valence-corrected chi connectivity index (χ0v) is 75.2. The molecule has 111 heavy (non-hydrogen) atoms. The Labute approximate surface area is 683 Å². The van der Waals surface area contributed by atoms with E-state index in [4.69, 9.17) is 37.0 Å². The van der Waals surface area contributed by atoms with Crippen molar-refractivity contribution in [2.75, 3.05) is 39.6 Å². The SMILES string of the molecule is CCCCCCCCCCCCCCCCCCCCCC(=O)O[C@H](COC(=O)CCCCCCCCCCC(C)C)COP(=O)(O)OC[C@H](O)COP(=O)(O)OC[C@@H](COC(=O)CCCCCCCCCCCCCCCCCCC(C)C)OC(=O)CCCCCCCCCCCCCCCCCCCCC(C)CC. The van der Waals surface area contributed by atoms with Gasteiger partial charge in [-0.2, -0.15) is 0 Å². The second-order valence-corrected chi connectivity index (χ2v) is 37.2. The molecule has 3 unspecified atom stereocenters. The Morgan fingerprint density at radius 1 is 0.261 bits per heavy atom. The minimum atomic E-state index is -4.97. The molecular weight excluding hydrogens is 1440 g/mol. The highest BCUT2D eigenvalue weighted by atomic mass is 31.2. The molecule has 0 saturated heterocycles. The van der Waals surface area contributed by atoms with Crippen molar-refractivity contribution >= 4 is 39.5 Å². The summed E-state index contributed by atoms with van der Waals surface area (Å²) < 4.78 is 69.1. The van der Waals surface area contributed by atoms with E-state index in [1.807, 2.05) is 0 Å². The van der Waals surface area contributed by atoms with E-state index in [1.165, 1.54) is 302 Å². The van der Waals surface area contributed by atoms with E-state index in [2.05, 4.69) is 48.5 Å². The van der Waals surface area contributed by atoms with Crippen LogP contribution in [0.15, 0.2) is 0 Å². The summed E-state index contributed by atoms with van der Waals surface area (Å²) in [6.07, 6.45) is 75.1. The highest BCUT2D eigenvalue weighted by Gasteiger charge is 2.31. The number of carbonyl (C=O) groups excluding carboxylic acids is 4. The van der Waals surface area contributed by atoms with Gasteiger partial charge in [0.2, 0.25) is 0 Å². The predicted octanol–water partition coefficient (Wildman–Crippen LogP) is 28.4. The molecule has 0 saturated carbocycles. The molecule has 0 heterocycles. The fourth-order valence-electron chi connectivity index (χ4n) is 14.4. The maximum absolute atomic E-state index is 13.2. The highest BCUT2D eigenvalue weighted by Crippen LogP contribution is 2.45. The Bertz CT molecular complexity index is 2130. The molecule has 0 fully saturated rings. The van der Waals surface area contributed by atoms with Gasteiger partial charge in [0.05, 0.1) is 26.4 Å². The van der Waals surface area contributed by atoms with Gasteiger partial charge >= 0.3 is 39.5 Å². The molecule has 3 N–H and O–H groups in total. The average Bonchev–Trinajstić information content (AvgIpc) is 0.898. The van der Waals surface area contributed by atoms with Crippen LogP contribution in [-0.4, -0.2) is 96.7 Å². The fourth-order valence-corrected chi connectivity index (χ4v) is 16.0. The van der Waals surface area contributed by atoms with Gasteiger partial charge < -0.3 is 33.8 Å². The van der Waals surface area contributed by atoms with Crippen molar-refractivity contribution in [2.45, 2.75) is 510 Å². The molecule has 0 aliphatic carbocycles. The Hall–Kier alpha value is -1.94. The second-order valence-electron chi connectivity index (χ2n) is 34.2. The third kappa shape index (κ3) is 84.3. The third-order valence-corrected chi connectivity index (χ3v) is 23.9. The van der Waals surface area contributed by atoms with Crippen molar-refractivity contribution in [3.8, 4) is 0 Å². The quantitative estimate of drug-likeness (QED) is 0.0222. The molecule has 0 bridgehead atoms. The minimum absolute atomic E-state index is 0.108. The molecule has 660 valence electrons. The second kappa shape index (κ2) is 81.8. The summed E-state index contributed by atoms with van der Waals surface area (Å²) in [7, 11) is -9.94. The van der Waals surface area contributed by atoms with E-state index in [0.717, 1.165) is 108 Å². The molecule has 0 amide bonds. The first-order valence-corrected chi connectivity index (χ1v) is 50.4. The van der Waals surface area contributed by atoms with E-state index in [0.29, 0.717) is 25.7 Å². The lowest BCUT2D eigenvalue weighted by Crippen LogP contribution is -2.30. The largest absolute Gasteiger partial charge is 0.472 e. The molecular formula is C92H180O17P2. The van der Waals surface area contributed by atoms with Crippen LogP contribution in [0.2, 0.25) is 0 Å². The van der Waals surface area contributed by atoms with Crippen LogP contribution in [-0.2, 0) is 65.4 Å². The first kappa shape index (κ1) is 109. The van der Waals surface area contributed by atoms with Crippen LogP contribution in [0.5, 0.6) is 0 Å². The number of carbonyl (C=O) groups is 4.